The molecule has 32 heavy (non-hydrogen) atoms. The number of fused-ring (bicyclic) bond motifs is 1. The quantitative estimate of drug-likeness (QED) is 0.536. The zero-order chi connectivity index (χ0) is 23.5. The van der Waals surface area contributed by atoms with Gasteiger partial charge < -0.3 is 15.3 Å². The lowest BCUT2D eigenvalue weighted by molar-refractivity contribution is -0.192. The second-order valence-electron chi connectivity index (χ2n) is 7.54. The van der Waals surface area contributed by atoms with Gasteiger partial charge in [-0.1, -0.05) is 6.07 Å². The fourth-order valence-corrected chi connectivity index (χ4v) is 3.65. The second-order valence-corrected chi connectivity index (χ2v) is 7.54. The Morgan fingerprint density at radius 3 is 2.44 bits per heavy atom. The highest BCUT2D eigenvalue weighted by Gasteiger charge is 2.40. The SMILES string of the molecule is O=C(O)C(F)(F)F.O=C1CCC(N2Cc3ccc(CN4CCNCC4)nc3C2=O)C(=O)N1. The summed E-state index contributed by atoms with van der Waals surface area (Å²) in [6.07, 6.45) is -4.45. The van der Waals surface area contributed by atoms with Crippen LogP contribution in [0.25, 0.3) is 0 Å². The van der Waals surface area contributed by atoms with E-state index in [0.717, 1.165) is 44.0 Å². The number of carboxylic acids is 1. The van der Waals surface area contributed by atoms with Gasteiger partial charge in [0, 0.05) is 51.3 Å². The molecule has 3 aliphatic heterocycles. The van der Waals surface area contributed by atoms with E-state index in [4.69, 9.17) is 9.90 Å². The molecule has 10 nitrogen and oxygen atoms in total. The minimum absolute atomic E-state index is 0.216. The molecule has 1 aromatic heterocycles. The first-order valence-electron chi connectivity index (χ1n) is 9.93. The summed E-state index contributed by atoms with van der Waals surface area (Å²) in [5.74, 6) is -3.64. The Morgan fingerprint density at radius 1 is 1.19 bits per heavy atom. The molecule has 0 bridgehead atoms. The maximum absolute atomic E-state index is 12.7. The number of carbonyl (C=O) groups excluding carboxylic acids is 3. The molecule has 0 radical (unpaired) electrons. The van der Waals surface area contributed by atoms with E-state index >= 15 is 0 Å². The zero-order valence-corrected chi connectivity index (χ0v) is 16.9. The van der Waals surface area contributed by atoms with Gasteiger partial charge in [-0.3, -0.25) is 24.6 Å². The van der Waals surface area contributed by atoms with Crippen molar-refractivity contribution < 1.29 is 37.5 Å². The summed E-state index contributed by atoms with van der Waals surface area (Å²) in [5.41, 5.74) is 2.16. The van der Waals surface area contributed by atoms with Crippen LogP contribution in [0, 0.1) is 0 Å². The number of carboxylic acid groups (broad SMARTS) is 1. The maximum Gasteiger partial charge on any atom is 0.490 e. The number of aliphatic carboxylic acids is 1. The van der Waals surface area contributed by atoms with E-state index in [0.29, 0.717) is 18.7 Å². The van der Waals surface area contributed by atoms with Crippen LogP contribution in [0.3, 0.4) is 0 Å². The van der Waals surface area contributed by atoms with Crippen molar-refractivity contribution in [1.29, 1.82) is 0 Å². The summed E-state index contributed by atoms with van der Waals surface area (Å²) in [6, 6.07) is 3.31. The Balaban J connectivity index is 0.000000360. The smallest absolute Gasteiger partial charge is 0.475 e. The number of aromatic nitrogens is 1. The van der Waals surface area contributed by atoms with Crippen LogP contribution < -0.4 is 10.6 Å². The molecule has 0 aromatic carbocycles. The zero-order valence-electron chi connectivity index (χ0n) is 16.9. The van der Waals surface area contributed by atoms with Crippen LogP contribution in [-0.4, -0.2) is 82.0 Å². The summed E-state index contributed by atoms with van der Waals surface area (Å²) in [5, 5.41) is 12.8. The van der Waals surface area contributed by atoms with Gasteiger partial charge in [0.2, 0.25) is 11.8 Å². The summed E-state index contributed by atoms with van der Waals surface area (Å²) in [4.78, 5) is 53.4. The molecule has 3 aliphatic rings. The van der Waals surface area contributed by atoms with E-state index in [-0.39, 0.29) is 18.2 Å². The van der Waals surface area contributed by atoms with Crippen LogP contribution in [0.2, 0.25) is 0 Å². The molecule has 2 saturated heterocycles. The average Bonchev–Trinajstić information content (AvgIpc) is 3.04. The topological polar surface area (TPSA) is 132 Å². The van der Waals surface area contributed by atoms with Crippen molar-refractivity contribution >= 4 is 23.7 Å². The van der Waals surface area contributed by atoms with Gasteiger partial charge in [-0.15, -0.1) is 0 Å². The molecule has 3 amide bonds. The number of nitrogens with one attached hydrogen (secondary N) is 2. The molecule has 4 heterocycles. The predicted octanol–water partition coefficient (Wildman–Crippen LogP) is -0.119. The molecule has 174 valence electrons. The van der Waals surface area contributed by atoms with Gasteiger partial charge in [-0.05, 0) is 12.5 Å². The molecule has 1 atom stereocenters. The minimum atomic E-state index is -5.08. The number of amides is 3. The normalized spacial score (nSPS) is 21.5. The van der Waals surface area contributed by atoms with Gasteiger partial charge in [0.1, 0.15) is 11.7 Å². The largest absolute Gasteiger partial charge is 0.490 e. The summed E-state index contributed by atoms with van der Waals surface area (Å²) in [6.45, 7) is 4.96. The van der Waals surface area contributed by atoms with E-state index in [2.05, 4.69) is 20.5 Å². The lowest BCUT2D eigenvalue weighted by atomic mass is 10.0. The molecule has 2 fully saturated rings. The number of piperazine rings is 1. The molecular formula is C19H22F3N5O5. The van der Waals surface area contributed by atoms with Crippen LogP contribution in [0.4, 0.5) is 13.2 Å². The van der Waals surface area contributed by atoms with Crippen molar-refractivity contribution in [2.45, 2.75) is 38.1 Å². The number of rotatable bonds is 3. The highest BCUT2D eigenvalue weighted by atomic mass is 19.4. The number of nitrogens with zero attached hydrogens (tertiary/aromatic N) is 3. The number of hydrogen-bond donors (Lipinski definition) is 3. The molecule has 4 rings (SSSR count). The number of pyridine rings is 1. The highest BCUT2D eigenvalue weighted by Crippen LogP contribution is 2.26. The summed E-state index contributed by atoms with van der Waals surface area (Å²) >= 11 is 0. The Bertz CT molecular complexity index is 917. The van der Waals surface area contributed by atoms with E-state index in [1.54, 1.807) is 0 Å². The van der Waals surface area contributed by atoms with Crippen molar-refractivity contribution in [3.05, 3.63) is 29.1 Å². The minimum Gasteiger partial charge on any atom is -0.475 e. The lowest BCUT2D eigenvalue weighted by Crippen LogP contribution is -2.52. The van der Waals surface area contributed by atoms with Crippen molar-refractivity contribution in [1.82, 2.24) is 25.4 Å². The summed E-state index contributed by atoms with van der Waals surface area (Å²) in [7, 11) is 0. The van der Waals surface area contributed by atoms with E-state index in [1.165, 1.54) is 4.90 Å². The van der Waals surface area contributed by atoms with Gasteiger partial charge >= 0.3 is 12.1 Å². The van der Waals surface area contributed by atoms with Crippen LogP contribution >= 0.6 is 0 Å². The van der Waals surface area contributed by atoms with Crippen molar-refractivity contribution in [2.24, 2.45) is 0 Å². The Morgan fingerprint density at radius 2 is 1.84 bits per heavy atom. The lowest BCUT2D eigenvalue weighted by Gasteiger charge is -2.29. The highest BCUT2D eigenvalue weighted by molar-refractivity contribution is 6.04. The first-order valence-corrected chi connectivity index (χ1v) is 9.93. The standard InChI is InChI=1S/C17H21N5O3.C2HF3O2/c23-14-4-3-13(16(24)20-14)22-9-11-1-2-12(19-15(11)17(22)25)10-21-7-5-18-6-8-21;3-2(4,5)1(6)7/h1-2,13,18H,3-10H2,(H,20,23,24);(H,6,7). The van der Waals surface area contributed by atoms with Crippen molar-refractivity contribution in [2.75, 3.05) is 26.2 Å². The number of imide groups is 1. The molecule has 1 unspecified atom stereocenters. The third-order valence-electron chi connectivity index (χ3n) is 5.26. The first-order chi connectivity index (χ1) is 15.1. The molecule has 0 spiro atoms. The Labute approximate surface area is 180 Å². The average molecular weight is 457 g/mol. The van der Waals surface area contributed by atoms with E-state index in [9.17, 15) is 27.6 Å². The second kappa shape index (κ2) is 9.61. The van der Waals surface area contributed by atoms with Crippen LogP contribution in [-0.2, 0) is 27.5 Å². The number of hydrogen-bond acceptors (Lipinski definition) is 7. The fourth-order valence-electron chi connectivity index (χ4n) is 3.65. The first kappa shape index (κ1) is 23.6. The molecule has 0 aliphatic carbocycles. The predicted molar refractivity (Wildman–Crippen MR) is 102 cm³/mol. The Hall–Kier alpha value is -3.06. The van der Waals surface area contributed by atoms with Gasteiger partial charge in [0.05, 0.1) is 5.69 Å². The number of halogens is 3. The van der Waals surface area contributed by atoms with E-state index < -0.39 is 24.1 Å². The maximum atomic E-state index is 12.7. The van der Waals surface area contributed by atoms with Gasteiger partial charge in [0.25, 0.3) is 5.91 Å². The van der Waals surface area contributed by atoms with Gasteiger partial charge in [-0.25, -0.2) is 9.78 Å². The summed E-state index contributed by atoms with van der Waals surface area (Å²) < 4.78 is 31.7. The van der Waals surface area contributed by atoms with E-state index in [1.807, 2.05) is 12.1 Å². The molecule has 0 saturated carbocycles. The third kappa shape index (κ3) is 5.59. The number of piperidine rings is 1. The van der Waals surface area contributed by atoms with Crippen LogP contribution in [0.5, 0.6) is 0 Å². The molecular weight excluding hydrogens is 435 g/mol. The number of alkyl halides is 3. The van der Waals surface area contributed by atoms with Gasteiger partial charge in [-0.2, -0.15) is 13.2 Å². The van der Waals surface area contributed by atoms with Crippen LogP contribution in [0.1, 0.15) is 34.6 Å². The van der Waals surface area contributed by atoms with Gasteiger partial charge in [0.15, 0.2) is 0 Å². The molecule has 13 heteroatoms. The van der Waals surface area contributed by atoms with Crippen molar-refractivity contribution in [3.8, 4) is 0 Å². The van der Waals surface area contributed by atoms with Crippen molar-refractivity contribution in [3.63, 3.8) is 0 Å². The number of carbonyl (C=O) groups is 4. The molecule has 1 aromatic rings. The Kier molecular flexibility index (Phi) is 7.09. The fraction of sp³-hybridized carbons (Fsp3) is 0.526. The monoisotopic (exact) mass is 457 g/mol. The third-order valence-corrected chi connectivity index (χ3v) is 5.26. The molecule has 3 N–H and O–H groups in total. The van der Waals surface area contributed by atoms with Crippen LogP contribution in [0.15, 0.2) is 12.1 Å².